The van der Waals surface area contributed by atoms with Gasteiger partial charge in [-0.05, 0) is 42.7 Å². The van der Waals surface area contributed by atoms with Crippen LogP contribution in [0.1, 0.15) is 25.3 Å². The lowest BCUT2D eigenvalue weighted by Gasteiger charge is -2.08. The van der Waals surface area contributed by atoms with Crippen molar-refractivity contribution in [3.63, 3.8) is 0 Å². The van der Waals surface area contributed by atoms with Gasteiger partial charge >= 0.3 is 0 Å². The highest BCUT2D eigenvalue weighted by Gasteiger charge is 2.05. The third-order valence-corrected chi connectivity index (χ3v) is 3.61. The zero-order valence-electron chi connectivity index (χ0n) is 13.6. The van der Waals surface area contributed by atoms with Crippen LogP contribution >= 0.6 is 0 Å². The van der Waals surface area contributed by atoms with Crippen molar-refractivity contribution in [3.8, 4) is 0 Å². The molecule has 6 heteroatoms. The van der Waals surface area contributed by atoms with Crippen LogP contribution < -0.4 is 10.6 Å². The van der Waals surface area contributed by atoms with E-state index in [9.17, 15) is 14.9 Å². The maximum atomic E-state index is 11.9. The van der Waals surface area contributed by atoms with Crippen molar-refractivity contribution in [1.82, 2.24) is 0 Å². The number of rotatable bonds is 8. The SMILES string of the molecule is CCc1cccc(NC(=O)CCCNc2ccc([N+](=O)[O-])cc2)c1. The van der Waals surface area contributed by atoms with Crippen molar-refractivity contribution in [3.05, 3.63) is 64.2 Å². The first-order valence-corrected chi connectivity index (χ1v) is 7.95. The number of carbonyl (C=O) groups excluding carboxylic acids is 1. The molecule has 0 aliphatic carbocycles. The van der Waals surface area contributed by atoms with Crippen LogP contribution in [0.2, 0.25) is 0 Å². The first kappa shape index (κ1) is 17.5. The van der Waals surface area contributed by atoms with Crippen molar-refractivity contribution < 1.29 is 9.72 Å². The molecular formula is C18H21N3O3. The summed E-state index contributed by atoms with van der Waals surface area (Å²) < 4.78 is 0. The van der Waals surface area contributed by atoms with Crippen LogP contribution in [-0.2, 0) is 11.2 Å². The summed E-state index contributed by atoms with van der Waals surface area (Å²) in [6.07, 6.45) is 2.02. The Morgan fingerprint density at radius 1 is 1.12 bits per heavy atom. The minimum Gasteiger partial charge on any atom is -0.385 e. The van der Waals surface area contributed by atoms with E-state index in [4.69, 9.17) is 0 Å². The number of aryl methyl sites for hydroxylation is 1. The first-order valence-electron chi connectivity index (χ1n) is 7.95. The van der Waals surface area contributed by atoms with Crippen molar-refractivity contribution in [2.75, 3.05) is 17.2 Å². The number of non-ortho nitro benzene ring substituents is 1. The fourth-order valence-corrected chi connectivity index (χ4v) is 2.28. The molecule has 0 saturated heterocycles. The Labute approximate surface area is 141 Å². The van der Waals surface area contributed by atoms with E-state index in [1.807, 2.05) is 24.3 Å². The topological polar surface area (TPSA) is 84.3 Å². The lowest BCUT2D eigenvalue weighted by atomic mass is 10.1. The van der Waals surface area contributed by atoms with E-state index >= 15 is 0 Å². The average Bonchev–Trinajstić information content (AvgIpc) is 2.59. The Kier molecular flexibility index (Phi) is 6.31. The molecule has 126 valence electrons. The van der Waals surface area contributed by atoms with Gasteiger partial charge in [0.1, 0.15) is 0 Å². The molecule has 2 rings (SSSR count). The Morgan fingerprint density at radius 3 is 2.54 bits per heavy atom. The van der Waals surface area contributed by atoms with Gasteiger partial charge in [0.2, 0.25) is 5.91 Å². The van der Waals surface area contributed by atoms with Gasteiger partial charge in [-0.3, -0.25) is 14.9 Å². The second-order valence-corrected chi connectivity index (χ2v) is 5.44. The predicted molar refractivity (Wildman–Crippen MR) is 95.3 cm³/mol. The molecule has 2 aromatic carbocycles. The van der Waals surface area contributed by atoms with E-state index < -0.39 is 4.92 Å². The van der Waals surface area contributed by atoms with Gasteiger partial charge < -0.3 is 10.6 Å². The zero-order chi connectivity index (χ0) is 17.4. The number of anilines is 2. The Balaban J connectivity index is 1.71. The number of nitrogens with zero attached hydrogens (tertiary/aromatic N) is 1. The average molecular weight is 327 g/mol. The second-order valence-electron chi connectivity index (χ2n) is 5.44. The van der Waals surface area contributed by atoms with Crippen LogP contribution in [0.15, 0.2) is 48.5 Å². The summed E-state index contributed by atoms with van der Waals surface area (Å²) in [7, 11) is 0. The van der Waals surface area contributed by atoms with Crippen molar-refractivity contribution in [2.24, 2.45) is 0 Å². The fraction of sp³-hybridized carbons (Fsp3) is 0.278. The highest BCUT2D eigenvalue weighted by molar-refractivity contribution is 5.90. The number of nitrogens with one attached hydrogen (secondary N) is 2. The summed E-state index contributed by atoms with van der Waals surface area (Å²) in [4.78, 5) is 22.1. The number of hydrogen-bond acceptors (Lipinski definition) is 4. The third-order valence-electron chi connectivity index (χ3n) is 3.61. The maximum absolute atomic E-state index is 11.9. The largest absolute Gasteiger partial charge is 0.385 e. The monoisotopic (exact) mass is 327 g/mol. The summed E-state index contributed by atoms with van der Waals surface area (Å²) in [6.45, 7) is 2.70. The van der Waals surface area contributed by atoms with Crippen LogP contribution in [-0.4, -0.2) is 17.4 Å². The molecule has 0 aliphatic rings. The molecule has 2 aromatic rings. The molecule has 1 amide bonds. The lowest BCUT2D eigenvalue weighted by molar-refractivity contribution is -0.384. The number of nitro benzene ring substituents is 1. The van der Waals surface area contributed by atoms with Crippen LogP contribution in [0.5, 0.6) is 0 Å². The summed E-state index contributed by atoms with van der Waals surface area (Å²) in [6, 6.07) is 14.1. The summed E-state index contributed by atoms with van der Waals surface area (Å²) in [5.74, 6) is -0.0197. The van der Waals surface area contributed by atoms with Crippen molar-refractivity contribution in [2.45, 2.75) is 26.2 Å². The second kappa shape index (κ2) is 8.67. The van der Waals surface area contributed by atoms with Gasteiger partial charge in [-0.1, -0.05) is 19.1 Å². The molecule has 0 unspecified atom stereocenters. The number of hydrogen-bond donors (Lipinski definition) is 2. The van der Waals surface area contributed by atoms with Gasteiger partial charge in [-0.25, -0.2) is 0 Å². The molecular weight excluding hydrogens is 306 g/mol. The Hall–Kier alpha value is -2.89. The third kappa shape index (κ3) is 5.39. The Morgan fingerprint density at radius 2 is 1.88 bits per heavy atom. The molecule has 0 radical (unpaired) electrons. The Bertz CT molecular complexity index is 699. The van der Waals surface area contributed by atoms with E-state index in [0.717, 1.165) is 17.8 Å². The fourth-order valence-electron chi connectivity index (χ4n) is 2.28. The smallest absolute Gasteiger partial charge is 0.269 e. The van der Waals surface area contributed by atoms with Crippen LogP contribution in [0.4, 0.5) is 17.1 Å². The molecule has 2 N–H and O–H groups in total. The number of amides is 1. The van der Waals surface area contributed by atoms with Crippen LogP contribution in [0, 0.1) is 10.1 Å². The van der Waals surface area contributed by atoms with E-state index in [1.54, 1.807) is 12.1 Å². The summed E-state index contributed by atoms with van der Waals surface area (Å²) >= 11 is 0. The van der Waals surface area contributed by atoms with Gasteiger partial charge in [0.15, 0.2) is 0 Å². The van der Waals surface area contributed by atoms with Gasteiger partial charge in [-0.2, -0.15) is 0 Å². The highest BCUT2D eigenvalue weighted by atomic mass is 16.6. The van der Waals surface area contributed by atoms with Gasteiger partial charge in [0, 0.05) is 36.5 Å². The molecule has 0 aromatic heterocycles. The van der Waals surface area contributed by atoms with Gasteiger partial charge in [0.05, 0.1) is 4.92 Å². The molecule has 0 atom stereocenters. The van der Waals surface area contributed by atoms with Crippen LogP contribution in [0.25, 0.3) is 0 Å². The minimum absolute atomic E-state index is 0.0197. The predicted octanol–water partition coefficient (Wildman–Crippen LogP) is 3.99. The van der Waals surface area contributed by atoms with Gasteiger partial charge in [0.25, 0.3) is 5.69 Å². The van der Waals surface area contributed by atoms with E-state index in [2.05, 4.69) is 17.6 Å². The van der Waals surface area contributed by atoms with E-state index in [1.165, 1.54) is 17.7 Å². The number of carbonyl (C=O) groups is 1. The summed E-state index contributed by atoms with van der Waals surface area (Å²) in [5.41, 5.74) is 2.88. The van der Waals surface area contributed by atoms with Crippen molar-refractivity contribution >= 4 is 23.0 Å². The number of nitro groups is 1. The standard InChI is InChI=1S/C18H21N3O3/c1-2-14-5-3-6-16(13-14)20-18(22)7-4-12-19-15-8-10-17(11-9-15)21(23)24/h3,5-6,8-11,13,19H,2,4,7,12H2,1H3,(H,20,22). The summed E-state index contributed by atoms with van der Waals surface area (Å²) in [5, 5.41) is 16.6. The van der Waals surface area contributed by atoms with Gasteiger partial charge in [-0.15, -0.1) is 0 Å². The first-order chi connectivity index (χ1) is 11.6. The molecule has 6 nitrogen and oxygen atoms in total. The highest BCUT2D eigenvalue weighted by Crippen LogP contribution is 2.15. The molecule has 0 bridgehead atoms. The normalized spacial score (nSPS) is 10.2. The minimum atomic E-state index is -0.429. The zero-order valence-corrected chi connectivity index (χ0v) is 13.6. The number of benzene rings is 2. The molecule has 0 fully saturated rings. The molecule has 0 saturated carbocycles. The molecule has 0 heterocycles. The van der Waals surface area contributed by atoms with E-state index in [0.29, 0.717) is 19.4 Å². The maximum Gasteiger partial charge on any atom is 0.269 e. The van der Waals surface area contributed by atoms with Crippen molar-refractivity contribution in [1.29, 1.82) is 0 Å². The van der Waals surface area contributed by atoms with E-state index in [-0.39, 0.29) is 11.6 Å². The molecule has 0 spiro atoms. The quantitative estimate of drug-likeness (QED) is 0.436. The van der Waals surface area contributed by atoms with Crippen LogP contribution in [0.3, 0.4) is 0 Å². The molecule has 0 aliphatic heterocycles. The lowest BCUT2D eigenvalue weighted by Crippen LogP contribution is -2.13. The molecule has 24 heavy (non-hydrogen) atoms.